The molecule has 0 saturated heterocycles. The van der Waals surface area contributed by atoms with E-state index in [1.807, 2.05) is 11.0 Å². The van der Waals surface area contributed by atoms with Crippen LogP contribution in [0.3, 0.4) is 0 Å². The van der Waals surface area contributed by atoms with Crippen LogP contribution in [0.2, 0.25) is 0 Å². The third kappa shape index (κ3) is 5.46. The standard InChI is InChI=1S/C19H29NO4S/c1-14(2)12-20(19(21)17-8-6-9-17)13-16-7-5-10-18(11-16)24-25(22,23)15(3)4/h5,7,10-11,14-15,17H,6,8-9,12-13H2,1-4H3. The Morgan fingerprint density at radius 2 is 1.92 bits per heavy atom. The first kappa shape index (κ1) is 19.8. The summed E-state index contributed by atoms with van der Waals surface area (Å²) < 4.78 is 29.0. The van der Waals surface area contributed by atoms with Crippen molar-refractivity contribution in [1.29, 1.82) is 0 Å². The molecule has 0 radical (unpaired) electrons. The van der Waals surface area contributed by atoms with Crippen molar-refractivity contribution in [3.63, 3.8) is 0 Å². The van der Waals surface area contributed by atoms with Crippen molar-refractivity contribution >= 4 is 16.0 Å². The van der Waals surface area contributed by atoms with Gasteiger partial charge in [-0.3, -0.25) is 4.79 Å². The first-order chi connectivity index (χ1) is 11.7. The van der Waals surface area contributed by atoms with Crippen molar-refractivity contribution in [2.24, 2.45) is 11.8 Å². The molecule has 0 aromatic heterocycles. The minimum absolute atomic E-state index is 0.152. The van der Waals surface area contributed by atoms with Crippen LogP contribution in [0, 0.1) is 11.8 Å². The molecule has 0 bridgehead atoms. The van der Waals surface area contributed by atoms with Crippen LogP contribution in [-0.2, 0) is 21.5 Å². The van der Waals surface area contributed by atoms with Crippen molar-refractivity contribution in [3.8, 4) is 5.75 Å². The van der Waals surface area contributed by atoms with Gasteiger partial charge in [0, 0.05) is 19.0 Å². The molecule has 0 heterocycles. The molecule has 0 unspecified atom stereocenters. The van der Waals surface area contributed by atoms with E-state index >= 15 is 0 Å². The zero-order valence-corrected chi connectivity index (χ0v) is 16.4. The lowest BCUT2D eigenvalue weighted by atomic mass is 9.84. The maximum atomic E-state index is 12.7. The SMILES string of the molecule is CC(C)CN(Cc1cccc(OS(=O)(=O)C(C)C)c1)C(=O)C1CCC1. The maximum absolute atomic E-state index is 12.7. The molecule has 1 aliphatic carbocycles. The Kier molecular flexibility index (Phi) is 6.49. The van der Waals surface area contributed by atoms with E-state index in [1.165, 1.54) is 0 Å². The number of hydrogen-bond acceptors (Lipinski definition) is 4. The van der Waals surface area contributed by atoms with Gasteiger partial charge in [0.15, 0.2) is 0 Å². The van der Waals surface area contributed by atoms with E-state index in [-0.39, 0.29) is 11.8 Å². The summed E-state index contributed by atoms with van der Waals surface area (Å²) in [6, 6.07) is 7.00. The molecule has 1 saturated carbocycles. The van der Waals surface area contributed by atoms with E-state index in [1.54, 1.807) is 32.0 Å². The minimum Gasteiger partial charge on any atom is -0.382 e. The van der Waals surface area contributed by atoms with Crippen molar-refractivity contribution < 1.29 is 17.4 Å². The van der Waals surface area contributed by atoms with E-state index in [2.05, 4.69) is 13.8 Å². The molecule has 0 atom stereocenters. The van der Waals surface area contributed by atoms with Gasteiger partial charge < -0.3 is 9.08 Å². The Morgan fingerprint density at radius 1 is 1.24 bits per heavy atom. The van der Waals surface area contributed by atoms with Gasteiger partial charge in [-0.25, -0.2) is 0 Å². The number of carbonyl (C=O) groups is 1. The largest absolute Gasteiger partial charge is 0.382 e. The Hall–Kier alpha value is -1.56. The Morgan fingerprint density at radius 3 is 2.44 bits per heavy atom. The monoisotopic (exact) mass is 367 g/mol. The van der Waals surface area contributed by atoms with Gasteiger partial charge in [-0.2, -0.15) is 8.42 Å². The number of amides is 1. The number of benzene rings is 1. The molecule has 1 aromatic rings. The van der Waals surface area contributed by atoms with Crippen LogP contribution in [-0.4, -0.2) is 31.0 Å². The van der Waals surface area contributed by atoms with E-state index in [0.29, 0.717) is 24.8 Å². The van der Waals surface area contributed by atoms with Gasteiger partial charge >= 0.3 is 10.1 Å². The van der Waals surface area contributed by atoms with Crippen LogP contribution < -0.4 is 4.18 Å². The predicted octanol–water partition coefficient (Wildman–Crippen LogP) is 3.59. The molecule has 6 heteroatoms. The Bertz CT molecular complexity index is 693. The summed E-state index contributed by atoms with van der Waals surface area (Å²) in [6.45, 7) is 8.53. The molecular formula is C19H29NO4S. The van der Waals surface area contributed by atoms with Gasteiger partial charge in [-0.1, -0.05) is 32.4 Å². The fourth-order valence-electron chi connectivity index (χ4n) is 2.73. The predicted molar refractivity (Wildman–Crippen MR) is 98.7 cm³/mol. The van der Waals surface area contributed by atoms with Gasteiger partial charge in [0.1, 0.15) is 5.75 Å². The zero-order chi connectivity index (χ0) is 18.6. The van der Waals surface area contributed by atoms with E-state index in [0.717, 1.165) is 24.8 Å². The second-order valence-electron chi connectivity index (χ2n) is 7.51. The van der Waals surface area contributed by atoms with E-state index in [9.17, 15) is 13.2 Å². The highest BCUT2D eigenvalue weighted by atomic mass is 32.2. The topological polar surface area (TPSA) is 63.7 Å². The summed E-state index contributed by atoms with van der Waals surface area (Å²) in [7, 11) is -3.62. The third-order valence-corrected chi connectivity index (χ3v) is 5.99. The first-order valence-electron chi connectivity index (χ1n) is 9.00. The van der Waals surface area contributed by atoms with Gasteiger partial charge in [0.25, 0.3) is 0 Å². The average molecular weight is 368 g/mol. The summed E-state index contributed by atoms with van der Waals surface area (Å²) in [4.78, 5) is 14.6. The Balaban J connectivity index is 2.13. The molecule has 0 aliphatic heterocycles. The minimum atomic E-state index is -3.62. The molecule has 1 aromatic carbocycles. The summed E-state index contributed by atoms with van der Waals surface area (Å²) in [5.41, 5.74) is 0.879. The number of carbonyl (C=O) groups excluding carboxylic acids is 1. The van der Waals surface area contributed by atoms with Crippen LogP contribution in [0.4, 0.5) is 0 Å². The summed E-state index contributed by atoms with van der Waals surface area (Å²) in [5.74, 6) is 1.04. The lowest BCUT2D eigenvalue weighted by Gasteiger charge is -2.33. The highest BCUT2D eigenvalue weighted by molar-refractivity contribution is 7.87. The molecule has 5 nitrogen and oxygen atoms in total. The molecule has 2 rings (SSSR count). The van der Waals surface area contributed by atoms with E-state index < -0.39 is 15.4 Å². The highest BCUT2D eigenvalue weighted by Crippen LogP contribution is 2.29. The Labute approximate surface area is 151 Å². The van der Waals surface area contributed by atoms with Gasteiger partial charge in [0.05, 0.1) is 5.25 Å². The summed E-state index contributed by atoms with van der Waals surface area (Å²) in [5, 5.41) is -0.603. The number of hydrogen-bond donors (Lipinski definition) is 0. The van der Waals surface area contributed by atoms with Crippen molar-refractivity contribution in [3.05, 3.63) is 29.8 Å². The first-order valence-corrected chi connectivity index (χ1v) is 10.5. The smallest absolute Gasteiger partial charge is 0.311 e. The molecule has 140 valence electrons. The average Bonchev–Trinajstić information content (AvgIpc) is 2.44. The maximum Gasteiger partial charge on any atom is 0.311 e. The van der Waals surface area contributed by atoms with Gasteiger partial charge in [-0.05, 0) is 50.3 Å². The lowest BCUT2D eigenvalue weighted by Crippen LogP contribution is -2.40. The molecule has 0 N–H and O–H groups in total. The van der Waals surface area contributed by atoms with Crippen molar-refractivity contribution in [1.82, 2.24) is 4.90 Å². The van der Waals surface area contributed by atoms with Gasteiger partial charge in [0.2, 0.25) is 5.91 Å². The van der Waals surface area contributed by atoms with Crippen molar-refractivity contribution in [2.75, 3.05) is 6.54 Å². The third-order valence-electron chi connectivity index (χ3n) is 4.41. The highest BCUT2D eigenvalue weighted by Gasteiger charge is 2.29. The van der Waals surface area contributed by atoms with Gasteiger partial charge in [-0.15, -0.1) is 0 Å². The van der Waals surface area contributed by atoms with Crippen LogP contribution in [0.5, 0.6) is 5.75 Å². The number of rotatable bonds is 8. The molecular weight excluding hydrogens is 338 g/mol. The molecule has 1 aliphatic rings. The fraction of sp³-hybridized carbons (Fsp3) is 0.632. The fourth-order valence-corrected chi connectivity index (χ4v) is 3.30. The zero-order valence-electron chi connectivity index (χ0n) is 15.6. The molecule has 1 amide bonds. The number of nitrogens with zero attached hydrogens (tertiary/aromatic N) is 1. The molecule has 0 spiro atoms. The lowest BCUT2D eigenvalue weighted by molar-refractivity contribution is -0.139. The van der Waals surface area contributed by atoms with Crippen LogP contribution >= 0.6 is 0 Å². The van der Waals surface area contributed by atoms with E-state index in [4.69, 9.17) is 4.18 Å². The second-order valence-corrected chi connectivity index (χ2v) is 9.61. The van der Waals surface area contributed by atoms with Crippen LogP contribution in [0.25, 0.3) is 0 Å². The second kappa shape index (κ2) is 8.21. The van der Waals surface area contributed by atoms with Crippen molar-refractivity contribution in [2.45, 2.75) is 58.8 Å². The van der Waals surface area contributed by atoms with Crippen LogP contribution in [0.1, 0.15) is 52.5 Å². The quantitative estimate of drug-likeness (QED) is 0.659. The summed E-state index contributed by atoms with van der Waals surface area (Å²) in [6.07, 6.45) is 3.08. The molecule has 1 fully saturated rings. The summed E-state index contributed by atoms with van der Waals surface area (Å²) >= 11 is 0. The van der Waals surface area contributed by atoms with Crippen LogP contribution in [0.15, 0.2) is 24.3 Å². The molecule has 25 heavy (non-hydrogen) atoms. The normalized spacial score (nSPS) is 15.3.